The fraction of sp³-hybridized carbons (Fsp3) is 0.333. The number of amides is 2. The molecule has 4 rings (SSSR count). The summed E-state index contributed by atoms with van der Waals surface area (Å²) in [5.41, 5.74) is 4.59. The van der Waals surface area contributed by atoms with Crippen molar-refractivity contribution in [2.24, 2.45) is 5.92 Å². The molecule has 2 amide bonds. The zero-order chi connectivity index (χ0) is 17.9. The summed E-state index contributed by atoms with van der Waals surface area (Å²) < 4.78 is 0. The molecule has 1 fully saturated rings. The van der Waals surface area contributed by atoms with Gasteiger partial charge in [0.2, 0.25) is 0 Å². The average molecular weight is 346 g/mol. The number of para-hydroxylation sites is 1. The number of hydrogen-bond donors (Lipinski definition) is 1. The SMILES string of the molecule is N#CC1CCN(C(=O)Nc2ccc(N3CCc4ccccc43)cc2)CC1. The molecule has 1 N–H and O–H groups in total. The Morgan fingerprint density at radius 1 is 1.04 bits per heavy atom. The van der Waals surface area contributed by atoms with Crippen LogP contribution in [0.25, 0.3) is 0 Å². The van der Waals surface area contributed by atoms with E-state index < -0.39 is 0 Å². The van der Waals surface area contributed by atoms with Crippen LogP contribution in [0.5, 0.6) is 0 Å². The molecular weight excluding hydrogens is 324 g/mol. The number of urea groups is 1. The van der Waals surface area contributed by atoms with Gasteiger partial charge in [-0.3, -0.25) is 0 Å². The molecule has 0 atom stereocenters. The number of benzene rings is 2. The van der Waals surface area contributed by atoms with Crippen LogP contribution in [-0.4, -0.2) is 30.6 Å². The van der Waals surface area contributed by atoms with Crippen molar-refractivity contribution in [3.63, 3.8) is 0 Å². The smallest absolute Gasteiger partial charge is 0.321 e. The number of nitriles is 1. The van der Waals surface area contributed by atoms with Gasteiger partial charge >= 0.3 is 6.03 Å². The first-order chi connectivity index (χ1) is 12.7. The maximum atomic E-state index is 12.4. The number of nitrogens with one attached hydrogen (secondary N) is 1. The van der Waals surface area contributed by atoms with Gasteiger partial charge in [-0.1, -0.05) is 18.2 Å². The molecule has 0 aromatic heterocycles. The van der Waals surface area contributed by atoms with Crippen LogP contribution >= 0.6 is 0 Å². The Balaban J connectivity index is 1.40. The Hall–Kier alpha value is -3.00. The van der Waals surface area contributed by atoms with Gasteiger partial charge in [0.05, 0.1) is 6.07 Å². The van der Waals surface area contributed by atoms with Crippen LogP contribution in [0.1, 0.15) is 18.4 Å². The Morgan fingerprint density at radius 3 is 2.50 bits per heavy atom. The fourth-order valence-corrected chi connectivity index (χ4v) is 3.75. The minimum Gasteiger partial charge on any atom is -0.341 e. The van der Waals surface area contributed by atoms with Crippen LogP contribution in [0.4, 0.5) is 21.9 Å². The average Bonchev–Trinajstić information content (AvgIpc) is 3.13. The molecule has 132 valence electrons. The van der Waals surface area contributed by atoms with Crippen LogP contribution < -0.4 is 10.2 Å². The number of rotatable bonds is 2. The predicted molar refractivity (Wildman–Crippen MR) is 103 cm³/mol. The molecular formula is C21H22N4O. The number of anilines is 3. The topological polar surface area (TPSA) is 59.4 Å². The normalized spacial score (nSPS) is 16.9. The lowest BCUT2D eigenvalue weighted by atomic mass is 9.99. The first-order valence-corrected chi connectivity index (χ1v) is 9.15. The van der Waals surface area contributed by atoms with Crippen LogP contribution in [0, 0.1) is 17.2 Å². The van der Waals surface area contributed by atoms with Gasteiger partial charge in [0, 0.05) is 42.6 Å². The number of piperidine rings is 1. The van der Waals surface area contributed by atoms with Crippen molar-refractivity contribution in [1.29, 1.82) is 5.26 Å². The molecule has 2 heterocycles. The van der Waals surface area contributed by atoms with Crippen molar-refractivity contribution in [3.8, 4) is 6.07 Å². The van der Waals surface area contributed by atoms with Gasteiger partial charge in [-0.15, -0.1) is 0 Å². The van der Waals surface area contributed by atoms with Crippen molar-refractivity contribution in [1.82, 2.24) is 4.90 Å². The van der Waals surface area contributed by atoms with Crippen molar-refractivity contribution in [2.45, 2.75) is 19.3 Å². The summed E-state index contributed by atoms with van der Waals surface area (Å²) in [5.74, 6) is 0.0849. The van der Waals surface area contributed by atoms with Crippen molar-refractivity contribution >= 4 is 23.1 Å². The summed E-state index contributed by atoms with van der Waals surface area (Å²) in [4.78, 5) is 16.5. The van der Waals surface area contributed by atoms with Gasteiger partial charge in [-0.2, -0.15) is 5.26 Å². The van der Waals surface area contributed by atoms with E-state index in [4.69, 9.17) is 5.26 Å². The van der Waals surface area contributed by atoms with Crippen LogP contribution in [-0.2, 0) is 6.42 Å². The Kier molecular flexibility index (Phi) is 4.49. The molecule has 0 radical (unpaired) electrons. The molecule has 1 saturated heterocycles. The largest absolute Gasteiger partial charge is 0.341 e. The zero-order valence-electron chi connectivity index (χ0n) is 14.7. The van der Waals surface area contributed by atoms with E-state index in [0.717, 1.165) is 37.2 Å². The van der Waals surface area contributed by atoms with Crippen LogP contribution in [0.3, 0.4) is 0 Å². The minimum atomic E-state index is -0.0827. The highest BCUT2D eigenvalue weighted by atomic mass is 16.2. The highest BCUT2D eigenvalue weighted by molar-refractivity contribution is 5.89. The van der Waals surface area contributed by atoms with E-state index in [9.17, 15) is 4.79 Å². The molecule has 0 spiro atoms. The molecule has 2 aliphatic heterocycles. The molecule has 26 heavy (non-hydrogen) atoms. The van der Waals surface area contributed by atoms with E-state index in [2.05, 4.69) is 52.7 Å². The molecule has 0 bridgehead atoms. The lowest BCUT2D eigenvalue weighted by Crippen LogP contribution is -2.40. The zero-order valence-corrected chi connectivity index (χ0v) is 14.7. The van der Waals surface area contributed by atoms with E-state index >= 15 is 0 Å². The molecule has 2 aromatic carbocycles. The Bertz CT molecular complexity index is 832. The minimum absolute atomic E-state index is 0.0827. The summed E-state index contributed by atoms with van der Waals surface area (Å²) in [6, 6.07) is 18.7. The van der Waals surface area contributed by atoms with E-state index in [1.165, 1.54) is 11.3 Å². The Morgan fingerprint density at radius 2 is 1.77 bits per heavy atom. The van der Waals surface area contributed by atoms with Gasteiger partial charge in [0.1, 0.15) is 0 Å². The summed E-state index contributed by atoms with van der Waals surface area (Å²) in [5, 5.41) is 11.9. The number of hydrogen-bond acceptors (Lipinski definition) is 3. The third kappa shape index (κ3) is 3.23. The molecule has 0 unspecified atom stereocenters. The number of carbonyl (C=O) groups is 1. The molecule has 0 saturated carbocycles. The van der Waals surface area contributed by atoms with Crippen molar-refractivity contribution in [3.05, 3.63) is 54.1 Å². The van der Waals surface area contributed by atoms with E-state index in [1.807, 2.05) is 12.1 Å². The third-order valence-electron chi connectivity index (χ3n) is 5.28. The standard InChI is InChI=1S/C21H22N4O/c22-15-16-9-12-24(13-10-16)21(26)23-18-5-7-19(8-6-18)25-14-11-17-3-1-2-4-20(17)25/h1-8,16H,9-14H2,(H,23,26). The maximum absolute atomic E-state index is 12.4. The van der Waals surface area contributed by atoms with Crippen molar-refractivity contribution in [2.75, 3.05) is 29.9 Å². The maximum Gasteiger partial charge on any atom is 0.321 e. The van der Waals surface area contributed by atoms with Crippen LogP contribution in [0.15, 0.2) is 48.5 Å². The summed E-state index contributed by atoms with van der Waals surface area (Å²) in [6.07, 6.45) is 2.59. The predicted octanol–water partition coefficient (Wildman–Crippen LogP) is 4.15. The first kappa shape index (κ1) is 16.5. The molecule has 2 aromatic rings. The number of nitrogens with zero attached hydrogens (tertiary/aromatic N) is 3. The Labute approximate surface area is 153 Å². The summed E-state index contributed by atoms with van der Waals surface area (Å²) in [6.45, 7) is 2.28. The summed E-state index contributed by atoms with van der Waals surface area (Å²) in [7, 11) is 0. The highest BCUT2D eigenvalue weighted by Gasteiger charge is 2.23. The monoisotopic (exact) mass is 346 g/mol. The van der Waals surface area contributed by atoms with Gasteiger partial charge in [-0.25, -0.2) is 4.79 Å². The van der Waals surface area contributed by atoms with Gasteiger partial charge in [0.15, 0.2) is 0 Å². The lowest BCUT2D eigenvalue weighted by molar-refractivity contribution is 0.192. The molecule has 5 nitrogen and oxygen atoms in total. The second-order valence-electron chi connectivity index (χ2n) is 6.90. The molecule has 2 aliphatic rings. The van der Waals surface area contributed by atoms with Crippen LogP contribution in [0.2, 0.25) is 0 Å². The summed E-state index contributed by atoms with van der Waals surface area (Å²) >= 11 is 0. The molecule has 0 aliphatic carbocycles. The van der Waals surface area contributed by atoms with E-state index in [0.29, 0.717) is 13.1 Å². The first-order valence-electron chi connectivity index (χ1n) is 9.15. The number of fused-ring (bicyclic) bond motifs is 1. The molecule has 5 heteroatoms. The van der Waals surface area contributed by atoms with Crippen molar-refractivity contribution < 1.29 is 4.79 Å². The highest BCUT2D eigenvalue weighted by Crippen LogP contribution is 2.34. The van der Waals surface area contributed by atoms with Gasteiger partial charge < -0.3 is 15.1 Å². The van der Waals surface area contributed by atoms with Gasteiger partial charge in [0.25, 0.3) is 0 Å². The lowest BCUT2D eigenvalue weighted by Gasteiger charge is -2.29. The van der Waals surface area contributed by atoms with Gasteiger partial charge in [-0.05, 0) is 55.2 Å². The second-order valence-corrected chi connectivity index (χ2v) is 6.90. The number of carbonyl (C=O) groups excluding carboxylic acids is 1. The fourth-order valence-electron chi connectivity index (χ4n) is 3.75. The van der Waals surface area contributed by atoms with E-state index in [1.54, 1.807) is 4.90 Å². The third-order valence-corrected chi connectivity index (χ3v) is 5.28. The quantitative estimate of drug-likeness (QED) is 0.889. The van der Waals surface area contributed by atoms with E-state index in [-0.39, 0.29) is 11.9 Å². The second kappa shape index (κ2) is 7.09. The number of likely N-dealkylation sites (tertiary alicyclic amines) is 1.